The number of hydrogen-bond donors (Lipinski definition) is 1. The molecular formula is C15H22ClN. The first kappa shape index (κ1) is 12.9. The van der Waals surface area contributed by atoms with Gasteiger partial charge in [0.1, 0.15) is 0 Å². The molecule has 1 aliphatic rings. The Hall–Kier alpha value is -0.530. The van der Waals surface area contributed by atoms with E-state index in [4.69, 9.17) is 11.6 Å². The first-order chi connectivity index (χ1) is 8.27. The third kappa shape index (κ3) is 3.72. The monoisotopic (exact) mass is 251 g/mol. The second kappa shape index (κ2) is 6.42. The van der Waals surface area contributed by atoms with Gasteiger partial charge in [0.2, 0.25) is 0 Å². The summed E-state index contributed by atoms with van der Waals surface area (Å²) in [6.07, 6.45) is 6.83. The van der Waals surface area contributed by atoms with Crippen LogP contribution in [0.15, 0.2) is 24.3 Å². The molecule has 1 aliphatic carbocycles. The Kier molecular flexibility index (Phi) is 4.87. The Morgan fingerprint density at radius 2 is 1.94 bits per heavy atom. The lowest BCUT2D eigenvalue weighted by Crippen LogP contribution is -2.33. The van der Waals surface area contributed by atoms with Crippen LogP contribution in [0.5, 0.6) is 0 Å². The average molecular weight is 252 g/mol. The Bertz CT molecular complexity index is 351. The van der Waals surface area contributed by atoms with Gasteiger partial charge in [-0.3, -0.25) is 0 Å². The van der Waals surface area contributed by atoms with E-state index in [2.05, 4.69) is 24.4 Å². The van der Waals surface area contributed by atoms with Crippen molar-refractivity contribution in [3.63, 3.8) is 0 Å². The van der Waals surface area contributed by atoms with Gasteiger partial charge in [0, 0.05) is 17.6 Å². The first-order valence-electron chi connectivity index (χ1n) is 6.74. The molecule has 1 aromatic rings. The van der Waals surface area contributed by atoms with Gasteiger partial charge < -0.3 is 5.32 Å². The van der Waals surface area contributed by atoms with Crippen LogP contribution in [0.1, 0.15) is 44.6 Å². The molecule has 1 nitrogen and oxygen atoms in total. The Balaban J connectivity index is 1.90. The van der Waals surface area contributed by atoms with Crippen LogP contribution in [0.25, 0.3) is 0 Å². The number of nitrogens with one attached hydrogen (secondary N) is 1. The van der Waals surface area contributed by atoms with Gasteiger partial charge in [-0.25, -0.2) is 0 Å². The van der Waals surface area contributed by atoms with Gasteiger partial charge >= 0.3 is 0 Å². The zero-order valence-electron chi connectivity index (χ0n) is 10.6. The molecule has 0 saturated heterocycles. The zero-order chi connectivity index (χ0) is 12.1. The summed E-state index contributed by atoms with van der Waals surface area (Å²) in [6, 6.07) is 8.78. The lowest BCUT2D eigenvalue weighted by Gasteiger charge is -2.23. The van der Waals surface area contributed by atoms with Crippen LogP contribution in [0, 0.1) is 5.92 Å². The van der Waals surface area contributed by atoms with Crippen LogP contribution in [-0.4, -0.2) is 6.04 Å². The van der Waals surface area contributed by atoms with Crippen molar-refractivity contribution < 1.29 is 0 Å². The van der Waals surface area contributed by atoms with E-state index >= 15 is 0 Å². The maximum Gasteiger partial charge on any atom is 0.0450 e. The predicted octanol–water partition coefficient (Wildman–Crippen LogP) is 4.40. The van der Waals surface area contributed by atoms with E-state index in [-0.39, 0.29) is 0 Å². The quantitative estimate of drug-likeness (QED) is 0.786. The van der Waals surface area contributed by atoms with Gasteiger partial charge in [-0.05, 0) is 30.4 Å². The van der Waals surface area contributed by atoms with Crippen LogP contribution in [0.4, 0.5) is 0 Å². The summed E-state index contributed by atoms with van der Waals surface area (Å²) >= 11 is 6.17. The van der Waals surface area contributed by atoms with Crippen LogP contribution in [0.3, 0.4) is 0 Å². The fourth-order valence-corrected chi connectivity index (χ4v) is 2.88. The van der Waals surface area contributed by atoms with E-state index in [1.165, 1.54) is 37.7 Å². The summed E-state index contributed by atoms with van der Waals surface area (Å²) in [6.45, 7) is 3.27. The molecule has 2 heteroatoms. The zero-order valence-corrected chi connectivity index (χ0v) is 11.3. The lowest BCUT2D eigenvalue weighted by molar-refractivity contribution is 0.356. The summed E-state index contributed by atoms with van der Waals surface area (Å²) in [5, 5.41) is 4.56. The van der Waals surface area contributed by atoms with Crippen molar-refractivity contribution in [2.45, 2.75) is 51.6 Å². The molecule has 0 heterocycles. The molecule has 0 amide bonds. The highest BCUT2D eigenvalue weighted by Crippen LogP contribution is 2.24. The summed E-state index contributed by atoms with van der Waals surface area (Å²) in [5.41, 5.74) is 1.21. The van der Waals surface area contributed by atoms with Gasteiger partial charge in [0.15, 0.2) is 0 Å². The SMILES string of the molecule is CC1CCCCCC1NCc1ccccc1Cl. The summed E-state index contributed by atoms with van der Waals surface area (Å²) in [5.74, 6) is 0.792. The normalized spacial score (nSPS) is 25.5. The van der Waals surface area contributed by atoms with Gasteiger partial charge in [0.05, 0.1) is 0 Å². The molecule has 1 fully saturated rings. The molecule has 2 rings (SSSR count). The number of benzene rings is 1. The van der Waals surface area contributed by atoms with E-state index in [1.54, 1.807) is 0 Å². The summed E-state index contributed by atoms with van der Waals surface area (Å²) in [7, 11) is 0. The molecule has 1 saturated carbocycles. The third-order valence-corrected chi connectivity index (χ3v) is 4.24. The van der Waals surface area contributed by atoms with Crippen LogP contribution < -0.4 is 5.32 Å². The highest BCUT2D eigenvalue weighted by molar-refractivity contribution is 6.31. The van der Waals surface area contributed by atoms with Crippen molar-refractivity contribution in [2.75, 3.05) is 0 Å². The highest BCUT2D eigenvalue weighted by atomic mass is 35.5. The minimum absolute atomic E-state index is 0.661. The average Bonchev–Trinajstić information content (AvgIpc) is 2.53. The molecule has 0 radical (unpaired) electrons. The third-order valence-electron chi connectivity index (χ3n) is 3.87. The Morgan fingerprint density at radius 1 is 1.18 bits per heavy atom. The van der Waals surface area contributed by atoms with Gasteiger partial charge in [-0.1, -0.05) is 56.0 Å². The van der Waals surface area contributed by atoms with Crippen LogP contribution in [-0.2, 0) is 6.54 Å². The summed E-state index contributed by atoms with van der Waals surface area (Å²) < 4.78 is 0. The van der Waals surface area contributed by atoms with Gasteiger partial charge in [0.25, 0.3) is 0 Å². The van der Waals surface area contributed by atoms with Crippen LogP contribution >= 0.6 is 11.6 Å². The Morgan fingerprint density at radius 3 is 2.76 bits per heavy atom. The fraction of sp³-hybridized carbons (Fsp3) is 0.600. The minimum Gasteiger partial charge on any atom is -0.310 e. The second-order valence-corrected chi connectivity index (χ2v) is 5.60. The van der Waals surface area contributed by atoms with Crippen molar-refractivity contribution in [1.82, 2.24) is 5.32 Å². The molecule has 0 spiro atoms. The number of hydrogen-bond acceptors (Lipinski definition) is 1. The molecule has 1 N–H and O–H groups in total. The maximum atomic E-state index is 6.17. The molecular weight excluding hydrogens is 230 g/mol. The molecule has 1 aromatic carbocycles. The lowest BCUT2D eigenvalue weighted by atomic mass is 9.97. The van der Waals surface area contributed by atoms with Crippen molar-refractivity contribution >= 4 is 11.6 Å². The number of rotatable bonds is 3. The molecule has 0 aliphatic heterocycles. The van der Waals surface area contributed by atoms with E-state index in [1.807, 2.05) is 12.1 Å². The molecule has 2 unspecified atom stereocenters. The van der Waals surface area contributed by atoms with Crippen molar-refractivity contribution in [1.29, 1.82) is 0 Å². The topological polar surface area (TPSA) is 12.0 Å². The standard InChI is InChI=1S/C15H22ClN/c1-12-7-3-2-4-10-15(12)17-11-13-8-5-6-9-14(13)16/h5-6,8-9,12,15,17H,2-4,7,10-11H2,1H3. The predicted molar refractivity (Wildman–Crippen MR) is 74.3 cm³/mol. The fourth-order valence-electron chi connectivity index (χ4n) is 2.68. The second-order valence-electron chi connectivity index (χ2n) is 5.19. The Labute approximate surface area is 110 Å². The van der Waals surface area contributed by atoms with Gasteiger partial charge in [-0.15, -0.1) is 0 Å². The van der Waals surface area contributed by atoms with Crippen LogP contribution in [0.2, 0.25) is 5.02 Å². The molecule has 0 bridgehead atoms. The minimum atomic E-state index is 0.661. The van der Waals surface area contributed by atoms with Crippen molar-refractivity contribution in [3.05, 3.63) is 34.9 Å². The molecule has 94 valence electrons. The van der Waals surface area contributed by atoms with Crippen molar-refractivity contribution in [2.24, 2.45) is 5.92 Å². The highest BCUT2D eigenvalue weighted by Gasteiger charge is 2.19. The molecule has 2 atom stereocenters. The molecule has 0 aromatic heterocycles. The summed E-state index contributed by atoms with van der Waals surface area (Å²) in [4.78, 5) is 0. The molecule has 17 heavy (non-hydrogen) atoms. The smallest absolute Gasteiger partial charge is 0.0450 e. The van der Waals surface area contributed by atoms with Gasteiger partial charge in [-0.2, -0.15) is 0 Å². The largest absolute Gasteiger partial charge is 0.310 e. The van der Waals surface area contributed by atoms with E-state index < -0.39 is 0 Å². The van der Waals surface area contributed by atoms with E-state index in [0.29, 0.717) is 6.04 Å². The maximum absolute atomic E-state index is 6.17. The van der Waals surface area contributed by atoms with Crippen molar-refractivity contribution in [3.8, 4) is 0 Å². The van der Waals surface area contributed by atoms with E-state index in [9.17, 15) is 0 Å². The number of halogens is 1. The van der Waals surface area contributed by atoms with E-state index in [0.717, 1.165) is 17.5 Å². The first-order valence-corrected chi connectivity index (χ1v) is 7.12.